The van der Waals surface area contributed by atoms with Crippen molar-refractivity contribution in [1.82, 2.24) is 19.4 Å². The smallest absolute Gasteiger partial charge is 0.341 e. The van der Waals surface area contributed by atoms with Crippen LogP contribution in [-0.4, -0.2) is 61.7 Å². The highest BCUT2D eigenvalue weighted by atomic mass is 35.5. The van der Waals surface area contributed by atoms with Crippen LogP contribution >= 0.6 is 35.4 Å². The molecule has 1 aliphatic rings. The van der Waals surface area contributed by atoms with Crippen LogP contribution in [0.3, 0.4) is 0 Å². The number of hydrogen-bond donors (Lipinski definition) is 1. The van der Waals surface area contributed by atoms with Crippen LogP contribution in [0.15, 0.2) is 35.4 Å². The van der Waals surface area contributed by atoms with Crippen LogP contribution in [0, 0.1) is 0 Å². The number of aromatic carboxylic acids is 1. The number of halogens is 2. The van der Waals surface area contributed by atoms with Crippen LogP contribution in [0.1, 0.15) is 22.8 Å². The first-order valence-corrected chi connectivity index (χ1v) is 11.5. The van der Waals surface area contributed by atoms with Crippen molar-refractivity contribution in [3.05, 3.63) is 62.0 Å². The molecule has 0 amide bonds. The molecule has 2 aromatic heterocycles. The molecule has 1 aliphatic heterocycles. The zero-order chi connectivity index (χ0) is 23.7. The normalized spacial score (nSPS) is 14.0. The lowest BCUT2D eigenvalue weighted by Gasteiger charge is -2.36. The fraction of sp³-hybridized carbons (Fsp3) is 0.318. The first-order chi connectivity index (χ1) is 15.8. The summed E-state index contributed by atoms with van der Waals surface area (Å²) < 4.78 is 1.66. The third-order valence-electron chi connectivity index (χ3n) is 5.57. The van der Waals surface area contributed by atoms with Crippen LogP contribution in [0.25, 0.3) is 11.0 Å². The molecule has 11 heteroatoms. The first-order valence-electron chi connectivity index (χ1n) is 10.4. The van der Waals surface area contributed by atoms with Gasteiger partial charge in [-0.2, -0.15) is 4.98 Å². The van der Waals surface area contributed by atoms with Gasteiger partial charge in [-0.25, -0.2) is 9.78 Å². The van der Waals surface area contributed by atoms with Gasteiger partial charge in [0.1, 0.15) is 11.2 Å². The van der Waals surface area contributed by atoms with Crippen molar-refractivity contribution >= 4 is 63.4 Å². The number of rotatable bonds is 5. The molecular formula is C22H21Cl2N5O3S. The number of anilines is 1. The molecule has 0 saturated carbocycles. The minimum atomic E-state index is -1.26. The summed E-state index contributed by atoms with van der Waals surface area (Å²) >= 11 is 17.8. The van der Waals surface area contributed by atoms with Gasteiger partial charge >= 0.3 is 5.97 Å². The zero-order valence-electron chi connectivity index (χ0n) is 17.8. The van der Waals surface area contributed by atoms with Gasteiger partial charge in [0.15, 0.2) is 0 Å². The molecule has 0 unspecified atom stereocenters. The molecule has 33 heavy (non-hydrogen) atoms. The Morgan fingerprint density at radius 3 is 2.42 bits per heavy atom. The SMILES string of the molecule is CCn1cc(C(=O)O)c(=O)c2cnc(N3CCN(C(=S)Cc4cc(Cl)cc(Cl)c4)CC3)nc21. The molecule has 8 nitrogen and oxygen atoms in total. The van der Waals surface area contributed by atoms with Crippen molar-refractivity contribution in [1.29, 1.82) is 0 Å². The van der Waals surface area contributed by atoms with Crippen molar-refractivity contribution in [3.63, 3.8) is 0 Å². The predicted octanol–water partition coefficient (Wildman–Crippen LogP) is 3.51. The molecule has 4 rings (SSSR count). The summed E-state index contributed by atoms with van der Waals surface area (Å²) in [5.41, 5.74) is 0.526. The lowest BCUT2D eigenvalue weighted by Crippen LogP contribution is -2.49. The monoisotopic (exact) mass is 505 g/mol. The molecule has 0 aliphatic carbocycles. The Hall–Kier alpha value is -2.75. The van der Waals surface area contributed by atoms with Gasteiger partial charge < -0.3 is 19.5 Å². The number of thiocarbonyl (C=S) groups is 1. The Bertz CT molecular complexity index is 1280. The number of hydrogen-bond acceptors (Lipinski definition) is 6. The zero-order valence-corrected chi connectivity index (χ0v) is 20.1. The van der Waals surface area contributed by atoms with E-state index in [1.54, 1.807) is 10.6 Å². The van der Waals surface area contributed by atoms with Crippen LogP contribution in [0.5, 0.6) is 0 Å². The van der Waals surface area contributed by atoms with Crippen LogP contribution in [0.4, 0.5) is 5.95 Å². The molecule has 1 aromatic carbocycles. The van der Waals surface area contributed by atoms with Crippen molar-refractivity contribution in [2.24, 2.45) is 0 Å². The van der Waals surface area contributed by atoms with Gasteiger partial charge in [-0.15, -0.1) is 0 Å². The maximum Gasteiger partial charge on any atom is 0.341 e. The summed E-state index contributed by atoms with van der Waals surface area (Å²) in [5, 5.41) is 10.7. The number of piperazine rings is 1. The summed E-state index contributed by atoms with van der Waals surface area (Å²) in [6, 6.07) is 5.42. The molecular weight excluding hydrogens is 485 g/mol. The molecule has 1 fully saturated rings. The maximum absolute atomic E-state index is 12.5. The highest BCUT2D eigenvalue weighted by Gasteiger charge is 2.22. The van der Waals surface area contributed by atoms with Crippen LogP contribution in [-0.2, 0) is 13.0 Å². The number of aryl methyl sites for hydroxylation is 1. The molecule has 1 saturated heterocycles. The summed E-state index contributed by atoms with van der Waals surface area (Å²) in [6.07, 6.45) is 3.33. The summed E-state index contributed by atoms with van der Waals surface area (Å²) in [4.78, 5) is 37.8. The third kappa shape index (κ3) is 4.95. The van der Waals surface area contributed by atoms with E-state index >= 15 is 0 Å². The highest BCUT2D eigenvalue weighted by Crippen LogP contribution is 2.21. The quantitative estimate of drug-likeness (QED) is 0.526. The second-order valence-corrected chi connectivity index (χ2v) is 9.04. The number of carboxylic acids is 1. The predicted molar refractivity (Wildman–Crippen MR) is 133 cm³/mol. The number of benzene rings is 1. The summed E-state index contributed by atoms with van der Waals surface area (Å²) in [7, 11) is 0. The van der Waals surface area contributed by atoms with Gasteiger partial charge in [0, 0.05) is 61.6 Å². The van der Waals surface area contributed by atoms with Gasteiger partial charge in [0.2, 0.25) is 11.4 Å². The second-order valence-electron chi connectivity index (χ2n) is 7.69. The van der Waals surface area contributed by atoms with Crippen molar-refractivity contribution in [2.45, 2.75) is 19.9 Å². The highest BCUT2D eigenvalue weighted by molar-refractivity contribution is 7.80. The molecule has 0 atom stereocenters. The molecule has 0 spiro atoms. The average Bonchev–Trinajstić information content (AvgIpc) is 2.78. The topological polar surface area (TPSA) is 91.6 Å². The van der Waals surface area contributed by atoms with E-state index in [9.17, 15) is 14.7 Å². The average molecular weight is 506 g/mol. The molecule has 3 aromatic rings. The van der Waals surface area contributed by atoms with E-state index in [0.717, 1.165) is 10.6 Å². The van der Waals surface area contributed by atoms with Crippen molar-refractivity contribution in [2.75, 3.05) is 31.1 Å². The fourth-order valence-corrected chi connectivity index (χ4v) is 4.79. The fourth-order valence-electron chi connectivity index (χ4n) is 3.86. The van der Waals surface area contributed by atoms with Gasteiger partial charge in [-0.05, 0) is 30.7 Å². The number of fused-ring (bicyclic) bond motifs is 1. The lowest BCUT2D eigenvalue weighted by atomic mass is 10.1. The van der Waals surface area contributed by atoms with E-state index in [1.807, 2.05) is 24.0 Å². The Morgan fingerprint density at radius 2 is 1.82 bits per heavy atom. The van der Waals surface area contributed by atoms with E-state index in [2.05, 4.69) is 14.9 Å². The number of nitrogens with zero attached hydrogens (tertiary/aromatic N) is 5. The maximum atomic E-state index is 12.5. The summed E-state index contributed by atoms with van der Waals surface area (Å²) in [6.45, 7) is 5.06. The van der Waals surface area contributed by atoms with E-state index < -0.39 is 11.4 Å². The van der Waals surface area contributed by atoms with E-state index in [-0.39, 0.29) is 10.9 Å². The second kappa shape index (κ2) is 9.62. The van der Waals surface area contributed by atoms with Gasteiger partial charge in [-0.1, -0.05) is 35.4 Å². The molecule has 1 N–H and O–H groups in total. The Balaban J connectivity index is 1.49. The first kappa shape index (κ1) is 23.4. The van der Waals surface area contributed by atoms with Gasteiger partial charge in [-0.3, -0.25) is 4.79 Å². The van der Waals surface area contributed by atoms with Crippen molar-refractivity contribution in [3.8, 4) is 0 Å². The van der Waals surface area contributed by atoms with Crippen LogP contribution < -0.4 is 10.3 Å². The minimum absolute atomic E-state index is 0.195. The Morgan fingerprint density at radius 1 is 1.15 bits per heavy atom. The van der Waals surface area contributed by atoms with E-state index in [4.69, 9.17) is 35.4 Å². The summed E-state index contributed by atoms with van der Waals surface area (Å²) in [5.74, 6) is -0.764. The third-order valence-corrected chi connectivity index (χ3v) is 6.41. The number of aromatic nitrogens is 3. The van der Waals surface area contributed by atoms with Crippen molar-refractivity contribution < 1.29 is 9.90 Å². The molecule has 3 heterocycles. The number of carbonyl (C=O) groups is 1. The lowest BCUT2D eigenvalue weighted by molar-refractivity contribution is 0.0695. The molecule has 172 valence electrons. The Labute approximate surface area is 205 Å². The van der Waals surface area contributed by atoms with Gasteiger partial charge in [0.25, 0.3) is 0 Å². The van der Waals surface area contributed by atoms with Gasteiger partial charge in [0.05, 0.1) is 10.4 Å². The van der Waals surface area contributed by atoms with Crippen LogP contribution in [0.2, 0.25) is 10.0 Å². The molecule has 0 bridgehead atoms. The standard InChI is InChI=1S/C22H21Cl2N5O3S/c1-2-27-12-17(21(31)32)19(30)16-11-25-22(26-20(16)27)29-5-3-28(4-6-29)18(33)9-13-7-14(23)10-15(24)8-13/h7-8,10-12H,2-6,9H2,1H3,(H,31,32). The number of carboxylic acid groups (broad SMARTS) is 1. The largest absolute Gasteiger partial charge is 0.477 e. The number of pyridine rings is 1. The molecule has 0 radical (unpaired) electrons. The van der Waals surface area contributed by atoms with E-state index in [0.29, 0.717) is 60.8 Å². The Kier molecular flexibility index (Phi) is 6.83. The minimum Gasteiger partial charge on any atom is -0.477 e. The van der Waals surface area contributed by atoms with E-state index in [1.165, 1.54) is 12.4 Å².